The molecule has 0 saturated heterocycles. The standard InChI is InChI=1S/C15H15N3O2S/c16-7-4-8-18-14(19)12-11(10-5-2-1-3-6-10)9-21-13(12)17-15(18)20/h1-3,5-6,9H,4,7-8,16H2,(H,17,20). The molecule has 2 heterocycles. The summed E-state index contributed by atoms with van der Waals surface area (Å²) in [6.07, 6.45) is 0.597. The molecule has 0 saturated carbocycles. The average molecular weight is 301 g/mol. The van der Waals surface area contributed by atoms with Crippen LogP contribution in [0.25, 0.3) is 21.3 Å². The van der Waals surface area contributed by atoms with Crippen LogP contribution in [0.3, 0.4) is 0 Å². The number of nitrogens with two attached hydrogens (primary N) is 1. The maximum Gasteiger partial charge on any atom is 0.329 e. The topological polar surface area (TPSA) is 80.9 Å². The molecule has 0 aliphatic heterocycles. The Bertz CT molecular complexity index is 877. The first-order valence-corrected chi connectivity index (χ1v) is 7.60. The van der Waals surface area contributed by atoms with E-state index in [0.29, 0.717) is 29.7 Å². The van der Waals surface area contributed by atoms with Crippen molar-refractivity contribution in [3.8, 4) is 11.1 Å². The summed E-state index contributed by atoms with van der Waals surface area (Å²) in [6.45, 7) is 0.782. The van der Waals surface area contributed by atoms with Crippen molar-refractivity contribution in [1.82, 2.24) is 9.55 Å². The van der Waals surface area contributed by atoms with Crippen molar-refractivity contribution in [2.45, 2.75) is 13.0 Å². The molecular weight excluding hydrogens is 286 g/mol. The fraction of sp³-hybridized carbons (Fsp3) is 0.200. The molecule has 0 aliphatic rings. The molecule has 0 aliphatic carbocycles. The molecular formula is C15H15N3O2S. The summed E-state index contributed by atoms with van der Waals surface area (Å²) in [7, 11) is 0. The third-order valence-corrected chi connectivity index (χ3v) is 4.28. The van der Waals surface area contributed by atoms with Gasteiger partial charge in [0.25, 0.3) is 5.56 Å². The monoisotopic (exact) mass is 301 g/mol. The molecule has 0 amide bonds. The van der Waals surface area contributed by atoms with Crippen molar-refractivity contribution in [2.24, 2.45) is 5.73 Å². The third kappa shape index (κ3) is 2.43. The van der Waals surface area contributed by atoms with Crippen LogP contribution >= 0.6 is 11.3 Å². The lowest BCUT2D eigenvalue weighted by molar-refractivity contribution is 0.604. The number of H-pyrrole nitrogens is 1. The van der Waals surface area contributed by atoms with Gasteiger partial charge in [0.15, 0.2) is 0 Å². The molecule has 108 valence electrons. The Morgan fingerprint density at radius 3 is 2.67 bits per heavy atom. The SMILES string of the molecule is NCCCn1c(=O)[nH]c2scc(-c3ccccc3)c2c1=O. The van der Waals surface area contributed by atoms with Gasteiger partial charge in [-0.1, -0.05) is 30.3 Å². The maximum absolute atomic E-state index is 12.6. The predicted molar refractivity (Wildman–Crippen MR) is 85.8 cm³/mol. The number of hydrogen-bond acceptors (Lipinski definition) is 4. The minimum Gasteiger partial charge on any atom is -0.330 e. The van der Waals surface area contributed by atoms with Crippen molar-refractivity contribution in [3.05, 3.63) is 56.5 Å². The van der Waals surface area contributed by atoms with Gasteiger partial charge in [0.2, 0.25) is 0 Å². The fourth-order valence-electron chi connectivity index (χ4n) is 2.34. The van der Waals surface area contributed by atoms with E-state index in [-0.39, 0.29) is 11.2 Å². The molecule has 0 spiro atoms. The lowest BCUT2D eigenvalue weighted by Crippen LogP contribution is -2.35. The van der Waals surface area contributed by atoms with Gasteiger partial charge in [-0.25, -0.2) is 4.79 Å². The number of fused-ring (bicyclic) bond motifs is 1. The van der Waals surface area contributed by atoms with Gasteiger partial charge < -0.3 is 5.73 Å². The van der Waals surface area contributed by atoms with Gasteiger partial charge in [-0.05, 0) is 18.5 Å². The van der Waals surface area contributed by atoms with Gasteiger partial charge in [0, 0.05) is 17.5 Å². The Morgan fingerprint density at radius 1 is 1.19 bits per heavy atom. The number of rotatable bonds is 4. The zero-order chi connectivity index (χ0) is 14.8. The van der Waals surface area contributed by atoms with Crippen molar-refractivity contribution in [2.75, 3.05) is 6.54 Å². The van der Waals surface area contributed by atoms with Crippen LogP contribution in [0.15, 0.2) is 45.3 Å². The van der Waals surface area contributed by atoms with Gasteiger partial charge in [0.05, 0.1) is 5.39 Å². The number of nitrogens with one attached hydrogen (secondary N) is 1. The van der Waals surface area contributed by atoms with Crippen molar-refractivity contribution < 1.29 is 0 Å². The molecule has 0 atom stereocenters. The summed E-state index contributed by atoms with van der Waals surface area (Å²) in [6, 6.07) is 9.70. The first-order chi connectivity index (χ1) is 10.2. The van der Waals surface area contributed by atoms with Gasteiger partial charge >= 0.3 is 5.69 Å². The van der Waals surface area contributed by atoms with Crippen LogP contribution < -0.4 is 17.0 Å². The van der Waals surface area contributed by atoms with Crippen LogP contribution in [0, 0.1) is 0 Å². The number of benzene rings is 1. The molecule has 5 nitrogen and oxygen atoms in total. The first-order valence-electron chi connectivity index (χ1n) is 6.72. The third-order valence-electron chi connectivity index (χ3n) is 3.39. The lowest BCUT2D eigenvalue weighted by atomic mass is 10.1. The summed E-state index contributed by atoms with van der Waals surface area (Å²) in [5.74, 6) is 0. The molecule has 3 aromatic rings. The normalized spacial score (nSPS) is 11.1. The van der Waals surface area contributed by atoms with Crippen LogP contribution in [-0.2, 0) is 6.54 Å². The highest BCUT2D eigenvalue weighted by Gasteiger charge is 2.14. The molecule has 1 aromatic carbocycles. The lowest BCUT2D eigenvalue weighted by Gasteiger charge is -2.05. The largest absolute Gasteiger partial charge is 0.330 e. The molecule has 3 N–H and O–H groups in total. The van der Waals surface area contributed by atoms with E-state index < -0.39 is 0 Å². The van der Waals surface area contributed by atoms with Crippen molar-refractivity contribution >= 4 is 21.6 Å². The zero-order valence-electron chi connectivity index (χ0n) is 11.3. The summed E-state index contributed by atoms with van der Waals surface area (Å²) in [5.41, 5.74) is 6.67. The van der Waals surface area contributed by atoms with E-state index in [4.69, 9.17) is 5.73 Å². The summed E-state index contributed by atoms with van der Waals surface area (Å²) in [5, 5.41) is 2.48. The average Bonchev–Trinajstić information content (AvgIpc) is 2.92. The molecule has 0 unspecified atom stereocenters. The molecule has 0 bridgehead atoms. The van der Waals surface area contributed by atoms with E-state index in [1.165, 1.54) is 15.9 Å². The highest BCUT2D eigenvalue weighted by atomic mass is 32.1. The molecule has 6 heteroatoms. The van der Waals surface area contributed by atoms with Gasteiger partial charge in [0.1, 0.15) is 4.83 Å². The predicted octanol–water partition coefficient (Wildman–Crippen LogP) is 1.77. The minimum atomic E-state index is -0.373. The highest BCUT2D eigenvalue weighted by Crippen LogP contribution is 2.29. The smallest absolute Gasteiger partial charge is 0.329 e. The molecule has 3 rings (SSSR count). The Balaban J connectivity index is 2.26. The maximum atomic E-state index is 12.6. The Hall–Kier alpha value is -2.18. The number of thiophene rings is 1. The van der Waals surface area contributed by atoms with Crippen LogP contribution in [0.5, 0.6) is 0 Å². The van der Waals surface area contributed by atoms with E-state index in [1.54, 1.807) is 0 Å². The summed E-state index contributed by atoms with van der Waals surface area (Å²) >= 11 is 1.38. The number of hydrogen-bond donors (Lipinski definition) is 2. The van der Waals surface area contributed by atoms with Crippen molar-refractivity contribution in [1.29, 1.82) is 0 Å². The Labute approximate surface area is 124 Å². The molecule has 0 radical (unpaired) electrons. The molecule has 21 heavy (non-hydrogen) atoms. The van der Waals surface area contributed by atoms with E-state index in [2.05, 4.69) is 4.98 Å². The van der Waals surface area contributed by atoms with Gasteiger partial charge in [-0.2, -0.15) is 0 Å². The minimum absolute atomic E-state index is 0.248. The van der Waals surface area contributed by atoms with Crippen LogP contribution in [0.2, 0.25) is 0 Å². The first kappa shape index (κ1) is 13.8. The molecule has 0 fully saturated rings. The van der Waals surface area contributed by atoms with E-state index >= 15 is 0 Å². The Morgan fingerprint density at radius 2 is 1.95 bits per heavy atom. The van der Waals surface area contributed by atoms with Crippen LogP contribution in [0.1, 0.15) is 6.42 Å². The van der Waals surface area contributed by atoms with Gasteiger partial charge in [-0.3, -0.25) is 14.3 Å². The second kappa shape index (κ2) is 5.67. The summed E-state index contributed by atoms with van der Waals surface area (Å²) in [4.78, 5) is 28.0. The quantitative estimate of drug-likeness (QED) is 0.770. The number of aromatic amines is 1. The Kier molecular flexibility index (Phi) is 3.72. The van der Waals surface area contributed by atoms with E-state index in [9.17, 15) is 9.59 Å². The molecule has 2 aromatic heterocycles. The number of nitrogens with zero attached hydrogens (tertiary/aromatic N) is 1. The van der Waals surface area contributed by atoms with E-state index in [1.807, 2.05) is 35.7 Å². The highest BCUT2D eigenvalue weighted by molar-refractivity contribution is 7.17. The van der Waals surface area contributed by atoms with E-state index in [0.717, 1.165) is 11.1 Å². The second-order valence-electron chi connectivity index (χ2n) is 4.75. The van der Waals surface area contributed by atoms with Crippen LogP contribution in [-0.4, -0.2) is 16.1 Å². The summed E-state index contributed by atoms with van der Waals surface area (Å²) < 4.78 is 1.23. The van der Waals surface area contributed by atoms with Gasteiger partial charge in [-0.15, -0.1) is 11.3 Å². The number of aromatic nitrogens is 2. The fourth-order valence-corrected chi connectivity index (χ4v) is 3.29. The second-order valence-corrected chi connectivity index (χ2v) is 5.63. The van der Waals surface area contributed by atoms with Crippen LogP contribution in [0.4, 0.5) is 0 Å². The zero-order valence-corrected chi connectivity index (χ0v) is 12.2. The van der Waals surface area contributed by atoms with Crippen molar-refractivity contribution in [3.63, 3.8) is 0 Å².